The highest BCUT2D eigenvalue weighted by Crippen LogP contribution is 2.45. The van der Waals surface area contributed by atoms with Gasteiger partial charge in [0, 0.05) is 18.1 Å². The van der Waals surface area contributed by atoms with Crippen molar-refractivity contribution >= 4 is 29.0 Å². The molecule has 35 heavy (non-hydrogen) atoms. The number of pyridine rings is 1. The molecular formula is C27H24N4O3S. The number of benzene rings is 2. The molecule has 2 aromatic carbocycles. The van der Waals surface area contributed by atoms with E-state index in [0.29, 0.717) is 16.4 Å². The molecule has 1 N–H and O–H groups in total. The first-order valence-corrected chi connectivity index (χ1v) is 11.5. The van der Waals surface area contributed by atoms with Gasteiger partial charge in [0.25, 0.3) is 0 Å². The topological polar surface area (TPSA) is 68.6 Å². The van der Waals surface area contributed by atoms with E-state index in [0.717, 1.165) is 22.8 Å². The molecule has 0 amide bonds. The molecular weight excluding hydrogens is 460 g/mol. The summed E-state index contributed by atoms with van der Waals surface area (Å²) in [4.78, 5) is 19.2. The second kappa shape index (κ2) is 9.60. The molecule has 1 saturated heterocycles. The highest BCUT2D eigenvalue weighted by molar-refractivity contribution is 7.80. The summed E-state index contributed by atoms with van der Waals surface area (Å²) >= 11 is 5.85. The summed E-state index contributed by atoms with van der Waals surface area (Å²) in [6.07, 6.45) is 3.71. The lowest BCUT2D eigenvalue weighted by molar-refractivity contribution is 0.0600. The van der Waals surface area contributed by atoms with Crippen molar-refractivity contribution in [1.29, 1.82) is 0 Å². The Morgan fingerprint density at radius 1 is 0.943 bits per heavy atom. The summed E-state index contributed by atoms with van der Waals surface area (Å²) < 4.78 is 12.7. The van der Waals surface area contributed by atoms with Crippen molar-refractivity contribution in [1.82, 2.24) is 14.9 Å². The van der Waals surface area contributed by atoms with Gasteiger partial charge in [0.05, 0.1) is 42.9 Å². The van der Waals surface area contributed by atoms with E-state index in [-0.39, 0.29) is 12.1 Å². The maximum atomic E-state index is 12.6. The van der Waals surface area contributed by atoms with Crippen LogP contribution in [0, 0.1) is 0 Å². The minimum atomic E-state index is -0.400. The summed E-state index contributed by atoms with van der Waals surface area (Å²) in [5.41, 5.74) is 3.81. The van der Waals surface area contributed by atoms with Crippen LogP contribution in [0.1, 0.15) is 33.8 Å². The number of carbonyl (C=O) groups is 1. The second-order valence-electron chi connectivity index (χ2n) is 7.98. The molecule has 0 aliphatic carbocycles. The summed E-state index contributed by atoms with van der Waals surface area (Å²) in [5, 5.41) is 4.03. The van der Waals surface area contributed by atoms with Crippen molar-refractivity contribution in [2.45, 2.75) is 12.1 Å². The van der Waals surface area contributed by atoms with Crippen molar-refractivity contribution in [2.75, 3.05) is 19.1 Å². The molecule has 4 aromatic rings. The second-order valence-corrected chi connectivity index (χ2v) is 8.37. The third kappa shape index (κ3) is 4.02. The smallest absolute Gasteiger partial charge is 0.339 e. The van der Waals surface area contributed by atoms with Crippen LogP contribution in [-0.2, 0) is 4.74 Å². The number of methoxy groups -OCH3 is 2. The monoisotopic (exact) mass is 484 g/mol. The normalized spacial score (nSPS) is 17.2. The lowest BCUT2D eigenvalue weighted by Crippen LogP contribution is -2.30. The van der Waals surface area contributed by atoms with Gasteiger partial charge >= 0.3 is 5.97 Å². The van der Waals surface area contributed by atoms with Gasteiger partial charge in [-0.25, -0.2) is 4.79 Å². The molecule has 8 heteroatoms. The summed E-state index contributed by atoms with van der Waals surface area (Å²) in [7, 11) is 3.03. The van der Waals surface area contributed by atoms with Crippen LogP contribution in [0.2, 0.25) is 0 Å². The summed E-state index contributed by atoms with van der Waals surface area (Å²) in [6, 6.07) is 24.5. The quantitative estimate of drug-likeness (QED) is 0.310. The van der Waals surface area contributed by atoms with E-state index < -0.39 is 5.97 Å². The van der Waals surface area contributed by atoms with E-state index in [1.807, 2.05) is 83.6 Å². The molecule has 5 rings (SSSR count). The number of anilines is 1. The molecule has 1 fully saturated rings. The Morgan fingerprint density at radius 2 is 1.69 bits per heavy atom. The molecule has 1 aliphatic heterocycles. The van der Waals surface area contributed by atoms with Crippen LogP contribution < -0.4 is 15.0 Å². The van der Waals surface area contributed by atoms with Gasteiger partial charge in [0.2, 0.25) is 0 Å². The van der Waals surface area contributed by atoms with Gasteiger partial charge in [-0.2, -0.15) is 0 Å². The third-order valence-corrected chi connectivity index (χ3v) is 6.41. The predicted octanol–water partition coefficient (Wildman–Crippen LogP) is 4.84. The number of nitrogens with zero attached hydrogens (tertiary/aromatic N) is 3. The van der Waals surface area contributed by atoms with Crippen molar-refractivity contribution in [2.24, 2.45) is 0 Å². The van der Waals surface area contributed by atoms with Gasteiger partial charge in [-0.05, 0) is 60.7 Å². The minimum Gasteiger partial charge on any atom is -0.495 e. The zero-order valence-corrected chi connectivity index (χ0v) is 20.1. The Bertz CT molecular complexity index is 1370. The molecule has 176 valence electrons. The Balaban J connectivity index is 1.71. The number of ether oxygens (including phenoxy) is 2. The van der Waals surface area contributed by atoms with Crippen LogP contribution >= 0.6 is 12.2 Å². The van der Waals surface area contributed by atoms with Gasteiger partial charge < -0.3 is 24.3 Å². The lowest BCUT2D eigenvalue weighted by atomic mass is 10.00. The summed E-state index contributed by atoms with van der Waals surface area (Å²) in [5.74, 6) is 0.305. The Hall–Kier alpha value is -4.17. The average molecular weight is 485 g/mol. The maximum Gasteiger partial charge on any atom is 0.339 e. The first-order valence-electron chi connectivity index (χ1n) is 11.1. The number of rotatable bonds is 6. The van der Waals surface area contributed by atoms with Crippen molar-refractivity contribution in [3.63, 3.8) is 0 Å². The number of esters is 1. The molecule has 3 heterocycles. The predicted molar refractivity (Wildman–Crippen MR) is 138 cm³/mol. The largest absolute Gasteiger partial charge is 0.495 e. The number of para-hydroxylation sites is 3. The van der Waals surface area contributed by atoms with Crippen molar-refractivity contribution < 1.29 is 14.3 Å². The molecule has 2 unspecified atom stereocenters. The van der Waals surface area contributed by atoms with Crippen LogP contribution in [-0.4, -0.2) is 34.9 Å². The molecule has 0 spiro atoms. The zero-order valence-electron chi connectivity index (χ0n) is 19.3. The number of thiocarbonyl (C=S) groups is 1. The van der Waals surface area contributed by atoms with Gasteiger partial charge in [-0.3, -0.25) is 4.98 Å². The standard InChI is InChI=1S/C27H24N4O3S/c1-33-23-15-6-5-13-21(23)31-25(24(29-27(31)35)19-11-7-8-16-28-19)22-14-9-17-30(22)20-12-4-3-10-18(20)26(32)34-2/h3-17,24-25H,1-2H3,(H,29,35). The highest BCUT2D eigenvalue weighted by Gasteiger charge is 2.43. The number of hydrogen-bond acceptors (Lipinski definition) is 5. The molecule has 1 aliphatic rings. The van der Waals surface area contributed by atoms with Gasteiger partial charge in [-0.1, -0.05) is 30.3 Å². The highest BCUT2D eigenvalue weighted by atomic mass is 32.1. The van der Waals surface area contributed by atoms with Gasteiger partial charge in [-0.15, -0.1) is 0 Å². The first kappa shape index (κ1) is 22.6. The lowest BCUT2D eigenvalue weighted by Gasteiger charge is -2.30. The number of nitrogens with one attached hydrogen (secondary N) is 1. The fourth-order valence-electron chi connectivity index (χ4n) is 4.56. The number of aromatic nitrogens is 2. The van der Waals surface area contributed by atoms with Crippen LogP contribution in [0.25, 0.3) is 5.69 Å². The van der Waals surface area contributed by atoms with Crippen LogP contribution in [0.3, 0.4) is 0 Å². The van der Waals surface area contributed by atoms with E-state index in [2.05, 4.69) is 15.2 Å². The molecule has 0 radical (unpaired) electrons. The fourth-order valence-corrected chi connectivity index (χ4v) is 4.90. The first-order chi connectivity index (χ1) is 17.1. The van der Waals surface area contributed by atoms with E-state index >= 15 is 0 Å². The molecule has 0 bridgehead atoms. The van der Waals surface area contributed by atoms with Crippen LogP contribution in [0.4, 0.5) is 5.69 Å². The number of hydrogen-bond donors (Lipinski definition) is 1. The Labute approximate surface area is 208 Å². The van der Waals surface area contributed by atoms with E-state index in [1.165, 1.54) is 7.11 Å². The van der Waals surface area contributed by atoms with Crippen LogP contribution in [0.15, 0.2) is 91.3 Å². The zero-order chi connectivity index (χ0) is 24.4. The minimum absolute atomic E-state index is 0.243. The average Bonchev–Trinajstić information content (AvgIpc) is 3.52. The van der Waals surface area contributed by atoms with Crippen molar-refractivity contribution in [3.05, 3.63) is 108 Å². The fraction of sp³-hybridized carbons (Fsp3) is 0.148. The van der Waals surface area contributed by atoms with Crippen molar-refractivity contribution in [3.8, 4) is 11.4 Å². The molecule has 0 saturated carbocycles. The Kier molecular flexibility index (Phi) is 6.20. The van der Waals surface area contributed by atoms with E-state index in [4.69, 9.17) is 21.7 Å². The number of carbonyl (C=O) groups excluding carboxylic acids is 1. The Morgan fingerprint density at radius 3 is 2.43 bits per heavy atom. The molecule has 2 aromatic heterocycles. The summed E-state index contributed by atoms with van der Waals surface area (Å²) in [6.45, 7) is 0. The third-order valence-electron chi connectivity index (χ3n) is 6.10. The van der Waals surface area contributed by atoms with Gasteiger partial charge in [0.15, 0.2) is 5.11 Å². The van der Waals surface area contributed by atoms with E-state index in [1.54, 1.807) is 19.4 Å². The SMILES string of the molecule is COC(=O)c1ccccc1-n1cccc1C1C(c2ccccn2)NC(=S)N1c1ccccc1OC. The van der Waals surface area contributed by atoms with E-state index in [9.17, 15) is 4.79 Å². The van der Waals surface area contributed by atoms with Crippen LogP contribution in [0.5, 0.6) is 5.75 Å². The molecule has 7 nitrogen and oxygen atoms in total. The molecule has 2 atom stereocenters. The van der Waals surface area contributed by atoms with Gasteiger partial charge in [0.1, 0.15) is 11.8 Å². The maximum absolute atomic E-state index is 12.6.